The van der Waals surface area contributed by atoms with Crippen LogP contribution in [0.1, 0.15) is 5.56 Å². The van der Waals surface area contributed by atoms with Gasteiger partial charge in [0, 0.05) is 32.0 Å². The normalized spacial score (nSPS) is 10.2. The molecule has 150 valence electrons. The molecular formula is C23H25N3O3. The lowest BCUT2D eigenvalue weighted by Gasteiger charge is -2.13. The second-order valence-corrected chi connectivity index (χ2v) is 6.65. The number of carbonyl (C=O) groups is 1. The Hall–Kier alpha value is -3.67. The monoisotopic (exact) mass is 391 g/mol. The number of hydrogen-bond donors (Lipinski definition) is 2. The van der Waals surface area contributed by atoms with Gasteiger partial charge in [-0.2, -0.15) is 0 Å². The summed E-state index contributed by atoms with van der Waals surface area (Å²) in [5, 5.41) is 5.67. The Kier molecular flexibility index (Phi) is 6.58. The lowest BCUT2D eigenvalue weighted by atomic mass is 10.2. The smallest absolute Gasteiger partial charge is 0.319 e. The highest BCUT2D eigenvalue weighted by Gasteiger charge is 2.06. The van der Waals surface area contributed by atoms with E-state index in [0.29, 0.717) is 29.5 Å². The lowest BCUT2D eigenvalue weighted by molar-refractivity contribution is 0.251. The Labute approximate surface area is 171 Å². The maximum Gasteiger partial charge on any atom is 0.319 e. The molecule has 29 heavy (non-hydrogen) atoms. The van der Waals surface area contributed by atoms with Crippen LogP contribution in [0.5, 0.6) is 17.2 Å². The highest BCUT2D eigenvalue weighted by Crippen LogP contribution is 2.31. The maximum atomic E-state index is 12.1. The predicted octanol–water partition coefficient (Wildman–Crippen LogP) is 4.88. The third-order valence-electron chi connectivity index (χ3n) is 4.31. The van der Waals surface area contributed by atoms with Crippen molar-refractivity contribution in [2.75, 3.05) is 31.4 Å². The van der Waals surface area contributed by atoms with Crippen LogP contribution in [0, 0.1) is 0 Å². The predicted molar refractivity (Wildman–Crippen MR) is 116 cm³/mol. The standard InChI is InChI=1S/C23H25N3O3/c1-26(2)19-12-8-17(9-13-19)16-24-23(27)25-18-10-14-20(15-11-18)29-22-7-5-4-6-21(22)28-3/h4-15H,16H2,1-3H3,(H2,24,25,27). The van der Waals surface area contributed by atoms with Crippen LogP contribution in [0.15, 0.2) is 72.8 Å². The molecule has 0 aromatic heterocycles. The van der Waals surface area contributed by atoms with Crippen molar-refractivity contribution in [1.29, 1.82) is 0 Å². The Morgan fingerprint density at radius 2 is 1.55 bits per heavy atom. The number of amides is 2. The first-order valence-corrected chi connectivity index (χ1v) is 9.27. The van der Waals surface area contributed by atoms with Crippen molar-refractivity contribution in [3.05, 3.63) is 78.4 Å². The van der Waals surface area contributed by atoms with Gasteiger partial charge in [0.15, 0.2) is 11.5 Å². The molecule has 0 radical (unpaired) electrons. The molecule has 0 aliphatic carbocycles. The number of hydrogen-bond acceptors (Lipinski definition) is 4. The zero-order valence-electron chi connectivity index (χ0n) is 16.8. The highest BCUT2D eigenvalue weighted by molar-refractivity contribution is 5.89. The summed E-state index contributed by atoms with van der Waals surface area (Å²) in [6.45, 7) is 0.453. The molecule has 0 saturated heterocycles. The fraction of sp³-hybridized carbons (Fsp3) is 0.174. The van der Waals surface area contributed by atoms with E-state index in [9.17, 15) is 4.79 Å². The van der Waals surface area contributed by atoms with Crippen molar-refractivity contribution in [3.8, 4) is 17.2 Å². The van der Waals surface area contributed by atoms with Crippen molar-refractivity contribution >= 4 is 17.4 Å². The zero-order chi connectivity index (χ0) is 20.6. The van der Waals surface area contributed by atoms with Crippen LogP contribution >= 0.6 is 0 Å². The van der Waals surface area contributed by atoms with E-state index >= 15 is 0 Å². The summed E-state index contributed by atoms with van der Waals surface area (Å²) >= 11 is 0. The molecule has 6 heteroatoms. The van der Waals surface area contributed by atoms with Gasteiger partial charge in [0.25, 0.3) is 0 Å². The van der Waals surface area contributed by atoms with Gasteiger partial charge in [-0.1, -0.05) is 24.3 Å². The number of methoxy groups -OCH3 is 1. The Morgan fingerprint density at radius 3 is 2.17 bits per heavy atom. The van der Waals surface area contributed by atoms with E-state index in [1.54, 1.807) is 31.4 Å². The minimum atomic E-state index is -0.264. The zero-order valence-corrected chi connectivity index (χ0v) is 16.8. The first kappa shape index (κ1) is 20.1. The number of nitrogens with zero attached hydrogens (tertiary/aromatic N) is 1. The van der Waals surface area contributed by atoms with Gasteiger partial charge >= 0.3 is 6.03 Å². The number of nitrogens with one attached hydrogen (secondary N) is 2. The van der Waals surface area contributed by atoms with Gasteiger partial charge in [0.05, 0.1) is 7.11 Å². The average Bonchev–Trinajstić information content (AvgIpc) is 2.74. The summed E-state index contributed by atoms with van der Waals surface area (Å²) in [7, 11) is 5.59. The summed E-state index contributed by atoms with van der Waals surface area (Å²) in [4.78, 5) is 14.2. The molecule has 3 aromatic rings. The molecule has 0 aliphatic rings. The third-order valence-corrected chi connectivity index (χ3v) is 4.31. The molecule has 0 fully saturated rings. The fourth-order valence-corrected chi connectivity index (χ4v) is 2.71. The maximum absolute atomic E-state index is 12.1. The van der Waals surface area contributed by atoms with Crippen LogP contribution in [0.25, 0.3) is 0 Å². The number of benzene rings is 3. The Balaban J connectivity index is 1.52. The summed E-state index contributed by atoms with van der Waals surface area (Å²) in [6.07, 6.45) is 0. The molecule has 3 aromatic carbocycles. The van der Waals surface area contributed by atoms with Gasteiger partial charge < -0.3 is 25.0 Å². The molecule has 2 N–H and O–H groups in total. The lowest BCUT2D eigenvalue weighted by Crippen LogP contribution is -2.28. The number of para-hydroxylation sites is 2. The van der Waals surface area contributed by atoms with Gasteiger partial charge in [0.2, 0.25) is 0 Å². The van der Waals surface area contributed by atoms with Crippen LogP contribution in [0.2, 0.25) is 0 Å². The van der Waals surface area contributed by atoms with Crippen LogP contribution in [0.3, 0.4) is 0 Å². The first-order valence-electron chi connectivity index (χ1n) is 9.27. The highest BCUT2D eigenvalue weighted by atomic mass is 16.5. The molecule has 2 amide bonds. The summed E-state index contributed by atoms with van der Waals surface area (Å²) < 4.78 is 11.1. The number of anilines is 2. The molecule has 0 saturated carbocycles. The average molecular weight is 391 g/mol. The number of ether oxygens (including phenoxy) is 2. The first-order chi connectivity index (χ1) is 14.0. The summed E-state index contributed by atoms with van der Waals surface area (Å²) in [5.74, 6) is 1.95. The third kappa shape index (κ3) is 5.65. The van der Waals surface area contributed by atoms with Crippen molar-refractivity contribution < 1.29 is 14.3 Å². The van der Waals surface area contributed by atoms with Crippen LogP contribution in [0.4, 0.5) is 16.2 Å². The minimum absolute atomic E-state index is 0.264. The largest absolute Gasteiger partial charge is 0.493 e. The van der Waals surface area contributed by atoms with E-state index in [2.05, 4.69) is 10.6 Å². The molecule has 0 spiro atoms. The number of urea groups is 1. The molecule has 0 bridgehead atoms. The number of rotatable bonds is 7. The van der Waals surface area contributed by atoms with Crippen LogP contribution in [-0.2, 0) is 6.54 Å². The number of carbonyl (C=O) groups excluding carboxylic acids is 1. The molecule has 3 rings (SSSR count). The topological polar surface area (TPSA) is 62.8 Å². The molecule has 6 nitrogen and oxygen atoms in total. The van der Waals surface area contributed by atoms with E-state index in [4.69, 9.17) is 9.47 Å². The summed E-state index contributed by atoms with van der Waals surface area (Å²) in [6, 6.07) is 22.4. The molecule has 0 atom stereocenters. The minimum Gasteiger partial charge on any atom is -0.493 e. The van der Waals surface area contributed by atoms with Gasteiger partial charge in [-0.25, -0.2) is 4.79 Å². The summed E-state index contributed by atoms with van der Waals surface area (Å²) in [5.41, 5.74) is 2.83. The van der Waals surface area contributed by atoms with Gasteiger partial charge in [0.1, 0.15) is 5.75 Å². The van der Waals surface area contributed by atoms with E-state index in [-0.39, 0.29) is 6.03 Å². The van der Waals surface area contributed by atoms with E-state index in [1.165, 1.54) is 0 Å². The van der Waals surface area contributed by atoms with Crippen LogP contribution in [-0.4, -0.2) is 27.2 Å². The molecule has 0 heterocycles. The van der Waals surface area contributed by atoms with E-state index in [1.807, 2.05) is 67.5 Å². The van der Waals surface area contributed by atoms with Crippen molar-refractivity contribution in [3.63, 3.8) is 0 Å². The Bertz CT molecular complexity index is 938. The quantitative estimate of drug-likeness (QED) is 0.603. The van der Waals surface area contributed by atoms with Gasteiger partial charge in [-0.3, -0.25) is 0 Å². The van der Waals surface area contributed by atoms with Crippen molar-refractivity contribution in [2.45, 2.75) is 6.54 Å². The SMILES string of the molecule is COc1ccccc1Oc1ccc(NC(=O)NCc2ccc(N(C)C)cc2)cc1. The van der Waals surface area contributed by atoms with Crippen molar-refractivity contribution in [1.82, 2.24) is 5.32 Å². The second-order valence-electron chi connectivity index (χ2n) is 6.65. The van der Waals surface area contributed by atoms with Gasteiger partial charge in [-0.15, -0.1) is 0 Å². The molecule has 0 unspecified atom stereocenters. The molecular weight excluding hydrogens is 366 g/mol. The molecule has 0 aliphatic heterocycles. The second kappa shape index (κ2) is 9.50. The van der Waals surface area contributed by atoms with E-state index < -0.39 is 0 Å². The van der Waals surface area contributed by atoms with Crippen molar-refractivity contribution in [2.24, 2.45) is 0 Å². The Morgan fingerprint density at radius 1 is 0.897 bits per heavy atom. The van der Waals surface area contributed by atoms with Gasteiger partial charge in [-0.05, 0) is 54.1 Å². The fourth-order valence-electron chi connectivity index (χ4n) is 2.71. The van der Waals surface area contributed by atoms with E-state index in [0.717, 1.165) is 11.3 Å². The van der Waals surface area contributed by atoms with Crippen LogP contribution < -0.4 is 25.0 Å².